The highest BCUT2D eigenvalue weighted by molar-refractivity contribution is 5.17. The van der Waals surface area contributed by atoms with Gasteiger partial charge in [-0.25, -0.2) is 0 Å². The lowest BCUT2D eigenvalue weighted by Gasteiger charge is -1.99. The van der Waals surface area contributed by atoms with E-state index >= 15 is 0 Å². The molecule has 0 fully saturated rings. The first-order valence-corrected chi connectivity index (χ1v) is 3.75. The molecule has 1 rings (SSSR count). The second kappa shape index (κ2) is 3.35. The van der Waals surface area contributed by atoms with E-state index in [1.807, 2.05) is 12.3 Å². The molecule has 0 aromatic carbocycles. The number of aromatic nitrogens is 1. The average molecular weight is 135 g/mol. The fourth-order valence-corrected chi connectivity index (χ4v) is 1.02. The van der Waals surface area contributed by atoms with Crippen molar-refractivity contribution in [3.8, 4) is 0 Å². The maximum absolute atomic E-state index is 4.27. The van der Waals surface area contributed by atoms with Gasteiger partial charge >= 0.3 is 0 Å². The first-order valence-electron chi connectivity index (χ1n) is 3.75. The largest absolute Gasteiger partial charge is 0.261 e. The molecule has 10 heavy (non-hydrogen) atoms. The highest BCUT2D eigenvalue weighted by Crippen LogP contribution is 2.04. The van der Waals surface area contributed by atoms with Gasteiger partial charge in [-0.3, -0.25) is 4.98 Å². The van der Waals surface area contributed by atoms with Crippen LogP contribution in [0.1, 0.15) is 24.6 Å². The number of nitrogens with zero attached hydrogens (tertiary/aromatic N) is 1. The van der Waals surface area contributed by atoms with E-state index in [2.05, 4.69) is 24.9 Å². The van der Waals surface area contributed by atoms with Crippen molar-refractivity contribution in [2.75, 3.05) is 0 Å². The van der Waals surface area contributed by atoms with Crippen LogP contribution >= 0.6 is 0 Å². The van der Waals surface area contributed by atoms with Crippen LogP contribution < -0.4 is 0 Å². The van der Waals surface area contributed by atoms with E-state index in [1.54, 1.807) is 0 Å². The molecule has 0 bridgehead atoms. The molecule has 1 heteroatoms. The zero-order valence-electron chi connectivity index (χ0n) is 6.59. The molecule has 1 nitrogen and oxygen atoms in total. The smallest absolute Gasteiger partial charge is 0.0432 e. The molecule has 0 N–H and O–H groups in total. The van der Waals surface area contributed by atoms with Gasteiger partial charge in [0, 0.05) is 11.9 Å². The van der Waals surface area contributed by atoms with Crippen LogP contribution in [0.25, 0.3) is 0 Å². The standard InChI is InChI=1S/C9H13N/c1-3-5-9-8(2)6-4-7-10-9/h4,6-7H,3,5H2,1-2H3. The van der Waals surface area contributed by atoms with Crippen LogP contribution in [0.5, 0.6) is 0 Å². The summed E-state index contributed by atoms with van der Waals surface area (Å²) in [5.74, 6) is 0. The molecule has 0 unspecified atom stereocenters. The Kier molecular flexibility index (Phi) is 2.43. The van der Waals surface area contributed by atoms with Crippen LogP contribution in [0.2, 0.25) is 0 Å². The van der Waals surface area contributed by atoms with Gasteiger partial charge in [-0.15, -0.1) is 0 Å². The molecule has 0 aliphatic carbocycles. The Morgan fingerprint density at radius 3 is 2.90 bits per heavy atom. The normalized spacial score (nSPS) is 9.80. The first kappa shape index (κ1) is 7.26. The van der Waals surface area contributed by atoms with Crippen LogP contribution in [0.4, 0.5) is 0 Å². The third kappa shape index (κ3) is 1.56. The van der Waals surface area contributed by atoms with E-state index in [1.165, 1.54) is 17.7 Å². The summed E-state index contributed by atoms with van der Waals surface area (Å²) in [7, 11) is 0. The van der Waals surface area contributed by atoms with Crippen LogP contribution in [-0.2, 0) is 6.42 Å². The second-order valence-corrected chi connectivity index (χ2v) is 2.52. The van der Waals surface area contributed by atoms with Crippen LogP contribution in [0, 0.1) is 6.92 Å². The van der Waals surface area contributed by atoms with Crippen molar-refractivity contribution in [2.24, 2.45) is 0 Å². The summed E-state index contributed by atoms with van der Waals surface area (Å²) >= 11 is 0. The van der Waals surface area contributed by atoms with E-state index in [-0.39, 0.29) is 0 Å². The topological polar surface area (TPSA) is 12.9 Å². The van der Waals surface area contributed by atoms with Gasteiger partial charge in [-0.2, -0.15) is 0 Å². The zero-order chi connectivity index (χ0) is 7.40. The van der Waals surface area contributed by atoms with E-state index in [0.29, 0.717) is 0 Å². The second-order valence-electron chi connectivity index (χ2n) is 2.52. The third-order valence-corrected chi connectivity index (χ3v) is 1.60. The molecule has 0 aliphatic rings. The fraction of sp³-hybridized carbons (Fsp3) is 0.444. The van der Waals surface area contributed by atoms with Gasteiger partial charge in [0.1, 0.15) is 0 Å². The van der Waals surface area contributed by atoms with Gasteiger partial charge in [0.05, 0.1) is 0 Å². The van der Waals surface area contributed by atoms with Crippen LogP contribution in [0.15, 0.2) is 18.3 Å². The molecule has 1 heterocycles. The molecule has 0 aliphatic heterocycles. The van der Waals surface area contributed by atoms with Crippen molar-refractivity contribution in [3.05, 3.63) is 29.6 Å². The predicted octanol–water partition coefficient (Wildman–Crippen LogP) is 2.34. The quantitative estimate of drug-likeness (QED) is 0.606. The molecule has 0 radical (unpaired) electrons. The molecule has 54 valence electrons. The van der Waals surface area contributed by atoms with Crippen molar-refractivity contribution in [3.63, 3.8) is 0 Å². The van der Waals surface area contributed by atoms with Crippen LogP contribution in [-0.4, -0.2) is 4.98 Å². The Morgan fingerprint density at radius 2 is 2.30 bits per heavy atom. The number of aryl methyl sites for hydroxylation is 2. The molecule has 1 aromatic heterocycles. The SMILES string of the molecule is CCCc1ncccc1C. The first-order chi connectivity index (χ1) is 4.84. The summed E-state index contributed by atoms with van der Waals surface area (Å²) < 4.78 is 0. The summed E-state index contributed by atoms with van der Waals surface area (Å²) in [5, 5.41) is 0. The molecular weight excluding hydrogens is 122 g/mol. The highest BCUT2D eigenvalue weighted by Gasteiger charge is 1.94. The van der Waals surface area contributed by atoms with Crippen molar-refractivity contribution < 1.29 is 0 Å². The minimum Gasteiger partial charge on any atom is -0.261 e. The van der Waals surface area contributed by atoms with Gasteiger partial charge in [0.25, 0.3) is 0 Å². The summed E-state index contributed by atoms with van der Waals surface area (Å²) in [6.07, 6.45) is 4.14. The average Bonchev–Trinajstić information content (AvgIpc) is 1.94. The Bertz CT molecular complexity index is 206. The van der Waals surface area contributed by atoms with Gasteiger partial charge in [0.15, 0.2) is 0 Å². The van der Waals surface area contributed by atoms with E-state index in [0.717, 1.165) is 6.42 Å². The van der Waals surface area contributed by atoms with Gasteiger partial charge in [-0.05, 0) is 25.0 Å². The molecule has 0 amide bonds. The zero-order valence-corrected chi connectivity index (χ0v) is 6.59. The highest BCUT2D eigenvalue weighted by atomic mass is 14.7. The summed E-state index contributed by atoms with van der Waals surface area (Å²) in [5.41, 5.74) is 2.55. The Hall–Kier alpha value is -0.850. The van der Waals surface area contributed by atoms with Crippen molar-refractivity contribution in [1.29, 1.82) is 0 Å². The van der Waals surface area contributed by atoms with Gasteiger partial charge < -0.3 is 0 Å². The molecule has 0 atom stereocenters. The van der Waals surface area contributed by atoms with Gasteiger partial charge in [-0.1, -0.05) is 19.4 Å². The van der Waals surface area contributed by atoms with Crippen LogP contribution in [0.3, 0.4) is 0 Å². The molecule has 0 saturated carbocycles. The lowest BCUT2D eigenvalue weighted by molar-refractivity contribution is 0.871. The molecule has 1 aromatic rings. The lowest BCUT2D eigenvalue weighted by atomic mass is 10.1. The molecule has 0 spiro atoms. The van der Waals surface area contributed by atoms with E-state index in [4.69, 9.17) is 0 Å². The maximum atomic E-state index is 4.27. The summed E-state index contributed by atoms with van der Waals surface area (Å²) in [6, 6.07) is 4.09. The Balaban J connectivity index is 2.81. The number of pyridine rings is 1. The maximum Gasteiger partial charge on any atom is 0.0432 e. The molecular formula is C9H13N. The number of hydrogen-bond acceptors (Lipinski definition) is 1. The van der Waals surface area contributed by atoms with Gasteiger partial charge in [0.2, 0.25) is 0 Å². The van der Waals surface area contributed by atoms with E-state index in [9.17, 15) is 0 Å². The lowest BCUT2D eigenvalue weighted by Crippen LogP contribution is -1.91. The summed E-state index contributed by atoms with van der Waals surface area (Å²) in [4.78, 5) is 4.27. The summed E-state index contributed by atoms with van der Waals surface area (Å²) in [6.45, 7) is 4.28. The third-order valence-electron chi connectivity index (χ3n) is 1.60. The number of hydrogen-bond donors (Lipinski definition) is 0. The van der Waals surface area contributed by atoms with E-state index < -0.39 is 0 Å². The van der Waals surface area contributed by atoms with Crippen molar-refractivity contribution in [1.82, 2.24) is 4.98 Å². The fourth-order valence-electron chi connectivity index (χ4n) is 1.02. The Labute approximate surface area is 62.1 Å². The predicted molar refractivity (Wildman–Crippen MR) is 43.0 cm³/mol. The monoisotopic (exact) mass is 135 g/mol. The Morgan fingerprint density at radius 1 is 1.50 bits per heavy atom. The van der Waals surface area contributed by atoms with Crippen molar-refractivity contribution in [2.45, 2.75) is 26.7 Å². The number of rotatable bonds is 2. The van der Waals surface area contributed by atoms with Crippen molar-refractivity contribution >= 4 is 0 Å². The molecule has 0 saturated heterocycles. The minimum absolute atomic E-state index is 1.10. The minimum atomic E-state index is 1.10.